The third-order valence-electron chi connectivity index (χ3n) is 5.92. The number of morpholine rings is 1. The topological polar surface area (TPSA) is 106 Å². The van der Waals surface area contributed by atoms with Crippen molar-refractivity contribution < 1.29 is 24.2 Å². The van der Waals surface area contributed by atoms with Crippen LogP contribution in [0, 0.1) is 0 Å². The number of ether oxygens (including phenoxy) is 2. The maximum atomic E-state index is 12.5. The molecule has 0 unspecified atom stereocenters. The zero-order valence-electron chi connectivity index (χ0n) is 19.2. The average Bonchev–Trinajstić information content (AvgIpc) is 3.25. The van der Waals surface area contributed by atoms with Crippen molar-refractivity contribution >= 4 is 17.5 Å². The highest BCUT2D eigenvalue weighted by Crippen LogP contribution is 2.30. The molecule has 2 heterocycles. The number of rotatable bonds is 8. The van der Waals surface area contributed by atoms with Gasteiger partial charge in [0, 0.05) is 25.1 Å². The van der Waals surface area contributed by atoms with Gasteiger partial charge in [-0.2, -0.15) is 0 Å². The van der Waals surface area contributed by atoms with Crippen molar-refractivity contribution in [1.29, 1.82) is 0 Å². The van der Waals surface area contributed by atoms with Crippen LogP contribution in [0.4, 0.5) is 5.69 Å². The van der Waals surface area contributed by atoms with E-state index in [1.54, 1.807) is 30.3 Å². The molecule has 1 aliphatic heterocycles. The molecule has 2 aromatic carbocycles. The fraction of sp³-hybridized carbons (Fsp3) is 0.320. The van der Waals surface area contributed by atoms with Crippen LogP contribution in [0.25, 0.3) is 0 Å². The number of methoxy groups -OCH3 is 1. The van der Waals surface area contributed by atoms with Gasteiger partial charge in [0.2, 0.25) is 11.8 Å². The lowest BCUT2D eigenvalue weighted by atomic mass is 9.99. The maximum Gasteiger partial charge on any atom is 0.249 e. The van der Waals surface area contributed by atoms with Crippen molar-refractivity contribution in [2.45, 2.75) is 25.1 Å². The molecule has 2 atom stereocenters. The van der Waals surface area contributed by atoms with E-state index in [4.69, 9.17) is 9.47 Å². The summed E-state index contributed by atoms with van der Waals surface area (Å²) in [5.41, 5.74) is 2.35. The molecule has 3 aromatic rings. The van der Waals surface area contributed by atoms with E-state index in [0.717, 1.165) is 22.7 Å². The summed E-state index contributed by atoms with van der Waals surface area (Å²) in [6.07, 6.45) is 3.24. The Morgan fingerprint density at radius 2 is 1.94 bits per heavy atom. The summed E-state index contributed by atoms with van der Waals surface area (Å²) >= 11 is 0. The highest BCUT2D eigenvalue weighted by atomic mass is 16.5. The quantitative estimate of drug-likeness (QED) is 0.529. The Morgan fingerprint density at radius 3 is 2.56 bits per heavy atom. The van der Waals surface area contributed by atoms with Gasteiger partial charge in [-0.15, -0.1) is 0 Å². The molecule has 1 fully saturated rings. The van der Waals surface area contributed by atoms with Crippen molar-refractivity contribution in [3.8, 4) is 5.75 Å². The number of hydrogen-bond donors (Lipinski definition) is 2. The van der Waals surface area contributed by atoms with Crippen LogP contribution in [0.1, 0.15) is 23.1 Å². The van der Waals surface area contributed by atoms with Gasteiger partial charge in [0.1, 0.15) is 24.3 Å². The molecule has 0 bridgehead atoms. The molecule has 0 spiro atoms. The zero-order valence-corrected chi connectivity index (χ0v) is 19.2. The molecular weight excluding hydrogens is 436 g/mol. The predicted octanol–water partition coefficient (Wildman–Crippen LogP) is 2.07. The van der Waals surface area contributed by atoms with E-state index in [0.29, 0.717) is 5.69 Å². The predicted molar refractivity (Wildman–Crippen MR) is 125 cm³/mol. The molecule has 0 saturated carbocycles. The minimum absolute atomic E-state index is 0.0774. The first-order chi connectivity index (χ1) is 16.5. The fourth-order valence-corrected chi connectivity index (χ4v) is 4.01. The lowest BCUT2D eigenvalue weighted by Gasteiger charge is -2.40. The number of benzene rings is 2. The van der Waals surface area contributed by atoms with Crippen LogP contribution in [0.15, 0.2) is 60.9 Å². The summed E-state index contributed by atoms with van der Waals surface area (Å²) < 4.78 is 12.8. The first-order valence-electron chi connectivity index (χ1n) is 11.0. The number of anilines is 1. The number of carbonyl (C=O) groups is 2. The Kier molecular flexibility index (Phi) is 7.24. The summed E-state index contributed by atoms with van der Waals surface area (Å²) in [4.78, 5) is 30.9. The van der Waals surface area contributed by atoms with Gasteiger partial charge in [-0.3, -0.25) is 9.59 Å². The number of imidazole rings is 1. The molecular formula is C25H28N4O5. The van der Waals surface area contributed by atoms with Crippen molar-refractivity contribution in [2.75, 3.05) is 25.6 Å². The Hall–Kier alpha value is -3.69. The molecule has 34 heavy (non-hydrogen) atoms. The largest absolute Gasteiger partial charge is 0.497 e. The number of nitrogens with zero attached hydrogens (tertiary/aromatic N) is 3. The number of amides is 2. The lowest BCUT2D eigenvalue weighted by molar-refractivity contribution is -0.162. The van der Waals surface area contributed by atoms with Crippen LogP contribution >= 0.6 is 0 Å². The lowest BCUT2D eigenvalue weighted by Crippen LogP contribution is -2.52. The molecule has 2 amide bonds. The van der Waals surface area contributed by atoms with Gasteiger partial charge >= 0.3 is 0 Å². The summed E-state index contributed by atoms with van der Waals surface area (Å²) in [5, 5.41) is 13.0. The van der Waals surface area contributed by atoms with Crippen LogP contribution in [0.3, 0.4) is 0 Å². The second kappa shape index (κ2) is 10.5. The Balaban J connectivity index is 1.41. The smallest absolute Gasteiger partial charge is 0.249 e. The Morgan fingerprint density at radius 1 is 1.21 bits per heavy atom. The van der Waals surface area contributed by atoms with E-state index in [2.05, 4.69) is 10.3 Å². The molecule has 1 saturated heterocycles. The Bertz CT molecular complexity index is 1130. The van der Waals surface area contributed by atoms with Crippen LogP contribution in [-0.4, -0.2) is 57.7 Å². The second-order valence-electron chi connectivity index (χ2n) is 8.15. The number of aryl methyl sites for hydroxylation is 1. The van der Waals surface area contributed by atoms with Gasteiger partial charge < -0.3 is 29.4 Å². The molecule has 9 heteroatoms. The van der Waals surface area contributed by atoms with Crippen LogP contribution in [0.2, 0.25) is 0 Å². The molecule has 1 aromatic heterocycles. The van der Waals surface area contributed by atoms with E-state index in [1.165, 1.54) is 0 Å². The highest BCUT2D eigenvalue weighted by molar-refractivity contribution is 5.92. The van der Waals surface area contributed by atoms with Crippen molar-refractivity contribution in [3.05, 3.63) is 77.9 Å². The first-order valence-corrected chi connectivity index (χ1v) is 11.0. The van der Waals surface area contributed by atoms with Crippen LogP contribution in [0.5, 0.6) is 5.75 Å². The number of carbonyl (C=O) groups excluding carboxylic acids is 2. The third-order valence-corrected chi connectivity index (χ3v) is 5.92. The van der Waals surface area contributed by atoms with E-state index in [-0.39, 0.29) is 38.0 Å². The van der Waals surface area contributed by atoms with E-state index < -0.39 is 12.1 Å². The van der Waals surface area contributed by atoms with E-state index >= 15 is 0 Å². The van der Waals surface area contributed by atoms with E-state index in [9.17, 15) is 14.7 Å². The molecule has 1 aliphatic rings. The summed E-state index contributed by atoms with van der Waals surface area (Å²) in [5.74, 6) is 1.14. The van der Waals surface area contributed by atoms with Crippen LogP contribution in [-0.2, 0) is 34.3 Å². The van der Waals surface area contributed by atoms with Crippen molar-refractivity contribution in [3.63, 3.8) is 0 Å². The number of aliphatic hydroxyl groups excluding tert-OH is 1. The van der Waals surface area contributed by atoms with Crippen molar-refractivity contribution in [2.24, 2.45) is 7.05 Å². The van der Waals surface area contributed by atoms with Gasteiger partial charge in [0.25, 0.3) is 0 Å². The molecule has 0 radical (unpaired) electrons. The molecule has 2 N–H and O–H groups in total. The van der Waals surface area contributed by atoms with Crippen LogP contribution < -0.4 is 10.1 Å². The van der Waals surface area contributed by atoms with Gasteiger partial charge in [-0.25, -0.2) is 4.98 Å². The maximum absolute atomic E-state index is 12.5. The van der Waals surface area contributed by atoms with E-state index in [1.807, 2.05) is 54.2 Å². The third kappa shape index (κ3) is 5.27. The minimum atomic E-state index is -0.548. The zero-order chi connectivity index (χ0) is 24.1. The highest BCUT2D eigenvalue weighted by Gasteiger charge is 2.37. The number of hydrogen-bond acceptors (Lipinski definition) is 6. The summed E-state index contributed by atoms with van der Waals surface area (Å²) in [7, 11) is 3.46. The first kappa shape index (κ1) is 23.5. The van der Waals surface area contributed by atoms with Gasteiger partial charge in [-0.1, -0.05) is 24.3 Å². The normalized spacial score (nSPS) is 18.1. The molecule has 178 valence electrons. The Labute approximate surface area is 197 Å². The minimum Gasteiger partial charge on any atom is -0.497 e. The summed E-state index contributed by atoms with van der Waals surface area (Å²) in [6.45, 7) is -0.0416. The summed E-state index contributed by atoms with van der Waals surface area (Å²) in [6, 6.07) is 14.1. The number of aliphatic hydroxyl groups is 1. The fourth-order valence-electron chi connectivity index (χ4n) is 4.01. The molecule has 4 rings (SSSR count). The average molecular weight is 465 g/mol. The monoisotopic (exact) mass is 464 g/mol. The van der Waals surface area contributed by atoms with Crippen molar-refractivity contribution in [1.82, 2.24) is 14.5 Å². The standard InChI is InChI=1S/C25H28N4O5/c1-28-12-11-26-22(28)14-29-21(15-30)25(34-16-24(29)32)18-5-7-19(8-6-18)27-23(31)13-17-3-9-20(33-2)10-4-17/h3-12,21,25,30H,13-16H2,1-2H3,(H,27,31)/t21-,25-/m1/s1. The number of nitrogens with one attached hydrogen (secondary N) is 1. The van der Waals surface area contributed by atoms with Gasteiger partial charge in [-0.05, 0) is 35.4 Å². The molecule has 0 aliphatic carbocycles. The van der Waals surface area contributed by atoms with Gasteiger partial charge in [0.05, 0.1) is 32.7 Å². The number of aromatic nitrogens is 2. The van der Waals surface area contributed by atoms with Gasteiger partial charge in [0.15, 0.2) is 0 Å². The second-order valence-corrected chi connectivity index (χ2v) is 8.15. The SMILES string of the molecule is COc1ccc(CC(=O)Nc2ccc([C@H]3OCC(=O)N(Cc4nccn4C)[C@@H]3CO)cc2)cc1. The molecule has 9 nitrogen and oxygen atoms in total.